The van der Waals surface area contributed by atoms with Gasteiger partial charge in [0.15, 0.2) is 35.1 Å². The Morgan fingerprint density at radius 2 is 0.921 bits per heavy atom. The van der Waals surface area contributed by atoms with Gasteiger partial charge in [0.05, 0.1) is 5.41 Å². The van der Waals surface area contributed by atoms with Gasteiger partial charge >= 0.3 is 0 Å². The van der Waals surface area contributed by atoms with Gasteiger partial charge in [-0.15, -0.1) is 0 Å². The van der Waals surface area contributed by atoms with E-state index in [1.165, 1.54) is 22.3 Å². The number of rotatable bonds is 7. The summed E-state index contributed by atoms with van der Waals surface area (Å²) in [5.41, 5.74) is 13.6. The van der Waals surface area contributed by atoms with Gasteiger partial charge in [0.25, 0.3) is 0 Å². The molecule has 1 unspecified atom stereocenters. The van der Waals surface area contributed by atoms with Crippen molar-refractivity contribution in [2.75, 3.05) is 0 Å². The molecular formula is C58H39N3O2. The van der Waals surface area contributed by atoms with E-state index in [0.29, 0.717) is 17.5 Å². The van der Waals surface area contributed by atoms with Crippen LogP contribution in [0.3, 0.4) is 0 Å². The molecule has 0 bridgehead atoms. The second kappa shape index (κ2) is 15.1. The summed E-state index contributed by atoms with van der Waals surface area (Å²) < 4.78 is 13.1. The van der Waals surface area contributed by atoms with Crippen molar-refractivity contribution in [1.29, 1.82) is 0 Å². The molecule has 5 heteroatoms. The molecule has 0 N–H and O–H groups in total. The van der Waals surface area contributed by atoms with Gasteiger partial charge in [0.1, 0.15) is 5.76 Å². The number of fused-ring (bicyclic) bond motifs is 5. The molecule has 0 amide bonds. The van der Waals surface area contributed by atoms with E-state index in [1.54, 1.807) is 0 Å². The summed E-state index contributed by atoms with van der Waals surface area (Å²) in [6.07, 6.45) is 6.84. The fourth-order valence-corrected chi connectivity index (χ4v) is 9.59. The molecule has 5 nitrogen and oxygen atoms in total. The molecule has 1 aromatic heterocycles. The van der Waals surface area contributed by atoms with Crippen LogP contribution in [-0.2, 0) is 5.41 Å². The molecule has 2 heterocycles. The van der Waals surface area contributed by atoms with Crippen LogP contribution >= 0.6 is 0 Å². The quantitative estimate of drug-likeness (QED) is 0.160. The minimum atomic E-state index is -0.646. The summed E-state index contributed by atoms with van der Waals surface area (Å²) in [6, 6.07) is 70.5. The Bertz CT molecular complexity index is 3120. The first kappa shape index (κ1) is 36.7. The molecule has 8 aromatic carbocycles. The largest absolute Gasteiger partial charge is 0.478 e. The van der Waals surface area contributed by atoms with Crippen LogP contribution in [0.1, 0.15) is 28.7 Å². The number of allylic oxidation sites excluding steroid dienone is 2. The lowest BCUT2D eigenvalue weighted by atomic mass is 9.67. The molecule has 0 fully saturated rings. The van der Waals surface area contributed by atoms with Crippen LogP contribution < -0.4 is 9.47 Å². The lowest BCUT2D eigenvalue weighted by Gasteiger charge is -2.35. The third kappa shape index (κ3) is 6.28. The highest BCUT2D eigenvalue weighted by Crippen LogP contribution is 2.57. The van der Waals surface area contributed by atoms with E-state index in [0.717, 1.165) is 73.8 Å². The number of hydrogen-bond donors (Lipinski definition) is 0. The van der Waals surface area contributed by atoms with Gasteiger partial charge in [0, 0.05) is 23.1 Å². The zero-order valence-electron chi connectivity index (χ0n) is 34.2. The maximum atomic E-state index is 6.59. The molecule has 2 aliphatic carbocycles. The molecule has 3 aliphatic rings. The zero-order chi connectivity index (χ0) is 41.7. The van der Waals surface area contributed by atoms with E-state index in [2.05, 4.69) is 194 Å². The molecule has 298 valence electrons. The maximum Gasteiger partial charge on any atom is 0.169 e. The predicted octanol–water partition coefficient (Wildman–Crippen LogP) is 13.6. The van der Waals surface area contributed by atoms with E-state index in [9.17, 15) is 0 Å². The molecule has 12 rings (SSSR count). The van der Waals surface area contributed by atoms with E-state index >= 15 is 0 Å². The summed E-state index contributed by atoms with van der Waals surface area (Å²) in [5.74, 6) is 4.13. The molecule has 9 aromatic rings. The van der Waals surface area contributed by atoms with Crippen molar-refractivity contribution in [3.8, 4) is 79.0 Å². The van der Waals surface area contributed by atoms with Gasteiger partial charge in [-0.3, -0.25) is 0 Å². The normalized spacial score (nSPS) is 15.2. The third-order valence-corrected chi connectivity index (χ3v) is 12.6. The molecule has 1 atom stereocenters. The first-order valence-electron chi connectivity index (χ1n) is 21.4. The van der Waals surface area contributed by atoms with Crippen molar-refractivity contribution in [1.82, 2.24) is 15.0 Å². The Kier molecular flexibility index (Phi) is 8.78. The number of benzene rings is 8. The lowest BCUT2D eigenvalue weighted by Crippen LogP contribution is -2.30. The van der Waals surface area contributed by atoms with Crippen molar-refractivity contribution < 1.29 is 9.47 Å². The molecule has 0 spiro atoms. The Hall–Kier alpha value is -8.15. The first-order valence-corrected chi connectivity index (χ1v) is 21.4. The Balaban J connectivity index is 1.01. The third-order valence-electron chi connectivity index (χ3n) is 12.6. The smallest absolute Gasteiger partial charge is 0.169 e. The summed E-state index contributed by atoms with van der Waals surface area (Å²) >= 11 is 0. The summed E-state index contributed by atoms with van der Waals surface area (Å²) in [7, 11) is 0. The van der Waals surface area contributed by atoms with Gasteiger partial charge < -0.3 is 9.47 Å². The molecular weight excluding hydrogens is 771 g/mol. The summed E-state index contributed by atoms with van der Waals surface area (Å²) in [4.78, 5) is 15.6. The minimum absolute atomic E-state index is 0.111. The highest BCUT2D eigenvalue weighted by atomic mass is 16.6. The molecule has 0 saturated carbocycles. The van der Waals surface area contributed by atoms with Crippen LogP contribution in [0, 0.1) is 0 Å². The van der Waals surface area contributed by atoms with Crippen molar-refractivity contribution in [2.24, 2.45) is 0 Å². The van der Waals surface area contributed by atoms with Crippen LogP contribution in [0.2, 0.25) is 0 Å². The van der Waals surface area contributed by atoms with E-state index in [1.807, 2.05) is 24.3 Å². The topological polar surface area (TPSA) is 57.1 Å². The highest BCUT2D eigenvalue weighted by Gasteiger charge is 2.46. The van der Waals surface area contributed by atoms with Crippen LogP contribution in [0.4, 0.5) is 0 Å². The number of hydrogen-bond acceptors (Lipinski definition) is 5. The van der Waals surface area contributed by atoms with Crippen LogP contribution in [0.25, 0.3) is 67.5 Å². The average Bonchev–Trinajstić information content (AvgIpc) is 3.67. The SMILES string of the molecule is C1=CCC2Oc3ccc(C4(c5ccc(-c6nc(-c7cccc(-c8ccccc8)c7)nc(-c7cccc(-c8ccccc8)c7)n6)cc5)c5ccccc5-c5ccccc54)cc3OC2=C1. The van der Waals surface area contributed by atoms with Gasteiger partial charge in [-0.05, 0) is 86.0 Å². The minimum Gasteiger partial charge on any atom is -0.478 e. The summed E-state index contributed by atoms with van der Waals surface area (Å²) in [5, 5.41) is 0. The monoisotopic (exact) mass is 809 g/mol. The van der Waals surface area contributed by atoms with E-state index in [-0.39, 0.29) is 6.10 Å². The van der Waals surface area contributed by atoms with Gasteiger partial charge in [-0.25, -0.2) is 15.0 Å². The number of nitrogens with zero attached hydrogens (tertiary/aromatic N) is 3. The van der Waals surface area contributed by atoms with Crippen LogP contribution in [0.15, 0.2) is 224 Å². The second-order valence-corrected chi connectivity index (χ2v) is 16.2. The molecule has 0 radical (unpaired) electrons. The lowest BCUT2D eigenvalue weighted by molar-refractivity contribution is 0.147. The standard InChI is InChI=1S/C58H39N3O2/c1-3-15-38(16-4-1)41-19-13-21-43(35-41)56-59-55(60-57(61-56)44-22-14-20-42(36-44)39-17-5-2-6-18-39)40-29-31-45(32-30-40)58(49-25-9-7-23-47(49)48-24-8-10-26-50(48)58)46-33-34-53-54(37-46)63-52-28-12-11-27-51(52)62-53/h1-26,28-37,51H,27H2. The fourth-order valence-electron chi connectivity index (χ4n) is 9.59. The van der Waals surface area contributed by atoms with Crippen molar-refractivity contribution in [3.63, 3.8) is 0 Å². The van der Waals surface area contributed by atoms with Crippen LogP contribution in [0.5, 0.6) is 11.5 Å². The van der Waals surface area contributed by atoms with Gasteiger partial charge in [-0.2, -0.15) is 0 Å². The van der Waals surface area contributed by atoms with Crippen molar-refractivity contribution in [2.45, 2.75) is 17.9 Å². The van der Waals surface area contributed by atoms with Gasteiger partial charge in [0.2, 0.25) is 0 Å². The average molecular weight is 810 g/mol. The van der Waals surface area contributed by atoms with E-state index < -0.39 is 5.41 Å². The Morgan fingerprint density at radius 1 is 0.413 bits per heavy atom. The highest BCUT2D eigenvalue weighted by molar-refractivity contribution is 5.87. The van der Waals surface area contributed by atoms with E-state index in [4.69, 9.17) is 24.4 Å². The van der Waals surface area contributed by atoms with Crippen LogP contribution in [-0.4, -0.2) is 21.1 Å². The predicted molar refractivity (Wildman–Crippen MR) is 251 cm³/mol. The molecule has 1 aliphatic heterocycles. The molecule has 63 heavy (non-hydrogen) atoms. The van der Waals surface area contributed by atoms with Crippen molar-refractivity contribution >= 4 is 0 Å². The summed E-state index contributed by atoms with van der Waals surface area (Å²) in [6.45, 7) is 0. The molecule has 0 saturated heterocycles. The van der Waals surface area contributed by atoms with Gasteiger partial charge in [-0.1, -0.05) is 188 Å². The first-order chi connectivity index (χ1) is 31.2. The maximum absolute atomic E-state index is 6.59. The van der Waals surface area contributed by atoms with Crippen molar-refractivity contribution in [3.05, 3.63) is 246 Å². The number of ether oxygens (including phenoxy) is 2. The fraction of sp³-hybridized carbons (Fsp3) is 0.0517. The Morgan fingerprint density at radius 3 is 1.52 bits per heavy atom. The number of aromatic nitrogens is 3. The second-order valence-electron chi connectivity index (χ2n) is 16.2. The zero-order valence-corrected chi connectivity index (χ0v) is 34.2. The Labute approximate surface area is 366 Å².